The Balaban J connectivity index is 1.33. The summed E-state index contributed by atoms with van der Waals surface area (Å²) >= 11 is 1.59. The molecule has 4 heterocycles. The van der Waals surface area contributed by atoms with Gasteiger partial charge in [0, 0.05) is 38.3 Å². The fourth-order valence-corrected chi connectivity index (χ4v) is 5.27. The van der Waals surface area contributed by atoms with Crippen LogP contribution in [0.25, 0.3) is 32.9 Å². The standard InChI is InChI=1S/C28H24N4O2S/c33-28(32-15-13-31(14-16-32)19-20-8-3-1-4-9-20)22-18-23(24-12-7-17-35-24)29-27-25(22)26(30-34-27)21-10-5-2-6-11-21/h1-12,17-18H,13-16,19H2. The van der Waals surface area contributed by atoms with Crippen LogP contribution in [0.5, 0.6) is 0 Å². The third kappa shape index (κ3) is 4.36. The number of pyridine rings is 1. The number of piperazine rings is 1. The highest BCUT2D eigenvalue weighted by atomic mass is 32.1. The Hall–Kier alpha value is -3.81. The first-order chi connectivity index (χ1) is 17.3. The van der Waals surface area contributed by atoms with Crippen molar-refractivity contribution in [3.05, 3.63) is 95.4 Å². The molecule has 3 aromatic heterocycles. The molecule has 6 nitrogen and oxygen atoms in total. The maximum Gasteiger partial charge on any atom is 0.259 e. The topological polar surface area (TPSA) is 62.5 Å². The lowest BCUT2D eigenvalue weighted by molar-refractivity contribution is 0.0630. The number of carbonyl (C=O) groups is 1. The molecule has 1 aliphatic heterocycles. The van der Waals surface area contributed by atoms with Crippen LogP contribution in [0.1, 0.15) is 15.9 Å². The molecule has 6 rings (SSSR count). The number of aromatic nitrogens is 2. The summed E-state index contributed by atoms with van der Waals surface area (Å²) in [5.41, 5.74) is 4.56. The lowest BCUT2D eigenvalue weighted by atomic mass is 10.0. The zero-order valence-corrected chi connectivity index (χ0v) is 19.9. The summed E-state index contributed by atoms with van der Waals surface area (Å²) in [6.07, 6.45) is 0. The van der Waals surface area contributed by atoms with Gasteiger partial charge in [0.15, 0.2) is 0 Å². The van der Waals surface area contributed by atoms with Gasteiger partial charge in [-0.25, -0.2) is 4.98 Å². The summed E-state index contributed by atoms with van der Waals surface area (Å²) in [7, 11) is 0. The summed E-state index contributed by atoms with van der Waals surface area (Å²) in [6, 6.07) is 26.2. The molecule has 5 aromatic rings. The molecule has 35 heavy (non-hydrogen) atoms. The number of benzene rings is 2. The molecule has 174 valence electrons. The highest BCUT2D eigenvalue weighted by Crippen LogP contribution is 2.34. The molecule has 0 unspecified atom stereocenters. The molecular formula is C28H24N4O2S. The SMILES string of the molecule is O=C(c1cc(-c2cccs2)nc2onc(-c3ccccc3)c12)N1CCN(Cc2ccccc2)CC1. The molecule has 2 aromatic carbocycles. The predicted octanol–water partition coefficient (Wildman–Crippen LogP) is 5.58. The van der Waals surface area contributed by atoms with Gasteiger partial charge in [-0.3, -0.25) is 9.69 Å². The van der Waals surface area contributed by atoms with Gasteiger partial charge in [0.25, 0.3) is 11.6 Å². The number of nitrogens with zero attached hydrogens (tertiary/aromatic N) is 4. The fraction of sp³-hybridized carbons (Fsp3) is 0.179. The van der Waals surface area contributed by atoms with Crippen molar-refractivity contribution >= 4 is 28.3 Å². The Labute approximate surface area is 207 Å². The lowest BCUT2D eigenvalue weighted by Gasteiger charge is -2.35. The number of thiophene rings is 1. The van der Waals surface area contributed by atoms with Crippen molar-refractivity contribution in [2.75, 3.05) is 26.2 Å². The first kappa shape index (κ1) is 21.7. The normalized spacial score (nSPS) is 14.5. The van der Waals surface area contributed by atoms with E-state index >= 15 is 0 Å². The third-order valence-corrected chi connectivity index (χ3v) is 7.30. The van der Waals surface area contributed by atoms with Crippen LogP contribution in [0.3, 0.4) is 0 Å². The zero-order valence-electron chi connectivity index (χ0n) is 19.1. The Bertz CT molecular complexity index is 1440. The van der Waals surface area contributed by atoms with Crippen LogP contribution in [0, 0.1) is 0 Å². The lowest BCUT2D eigenvalue weighted by Crippen LogP contribution is -2.48. The van der Waals surface area contributed by atoms with Gasteiger partial charge in [-0.2, -0.15) is 0 Å². The van der Waals surface area contributed by atoms with E-state index in [1.807, 2.05) is 64.9 Å². The molecule has 7 heteroatoms. The minimum absolute atomic E-state index is 0.00468. The molecule has 0 N–H and O–H groups in total. The van der Waals surface area contributed by atoms with E-state index in [1.54, 1.807) is 11.3 Å². The number of fused-ring (bicyclic) bond motifs is 1. The summed E-state index contributed by atoms with van der Waals surface area (Å²) in [4.78, 5) is 23.9. The summed E-state index contributed by atoms with van der Waals surface area (Å²) in [5, 5.41) is 7.00. The van der Waals surface area contributed by atoms with Gasteiger partial charge in [-0.05, 0) is 23.1 Å². The van der Waals surface area contributed by atoms with E-state index in [4.69, 9.17) is 9.51 Å². The van der Waals surface area contributed by atoms with Crippen molar-refractivity contribution in [2.45, 2.75) is 6.54 Å². The van der Waals surface area contributed by atoms with Crippen LogP contribution in [0.2, 0.25) is 0 Å². The maximum atomic E-state index is 13.9. The molecule has 0 radical (unpaired) electrons. The molecule has 1 saturated heterocycles. The van der Waals surface area contributed by atoms with Gasteiger partial charge in [-0.15, -0.1) is 11.3 Å². The second kappa shape index (κ2) is 9.44. The Morgan fingerprint density at radius 3 is 2.37 bits per heavy atom. The van der Waals surface area contributed by atoms with E-state index in [9.17, 15) is 4.79 Å². The van der Waals surface area contributed by atoms with Crippen LogP contribution in [0.4, 0.5) is 0 Å². The fourth-order valence-electron chi connectivity index (χ4n) is 4.58. The minimum atomic E-state index is -0.00468. The summed E-state index contributed by atoms with van der Waals surface area (Å²) < 4.78 is 5.67. The molecule has 0 spiro atoms. The van der Waals surface area contributed by atoms with Crippen LogP contribution in [-0.4, -0.2) is 52.0 Å². The van der Waals surface area contributed by atoms with E-state index in [-0.39, 0.29) is 5.91 Å². The van der Waals surface area contributed by atoms with E-state index in [0.29, 0.717) is 35.4 Å². The van der Waals surface area contributed by atoms with Gasteiger partial charge < -0.3 is 9.42 Å². The average Bonchev–Trinajstić information content (AvgIpc) is 3.60. The second-order valence-corrected chi connectivity index (χ2v) is 9.61. The number of carbonyl (C=O) groups excluding carboxylic acids is 1. The van der Waals surface area contributed by atoms with Crippen molar-refractivity contribution < 1.29 is 9.32 Å². The molecule has 1 fully saturated rings. The zero-order chi connectivity index (χ0) is 23.6. The van der Waals surface area contributed by atoms with Gasteiger partial charge in [0.1, 0.15) is 5.69 Å². The van der Waals surface area contributed by atoms with E-state index in [2.05, 4.69) is 34.3 Å². The van der Waals surface area contributed by atoms with Gasteiger partial charge in [-0.1, -0.05) is 71.9 Å². The number of hydrogen-bond acceptors (Lipinski definition) is 6. The summed E-state index contributed by atoms with van der Waals surface area (Å²) in [6.45, 7) is 3.92. The van der Waals surface area contributed by atoms with E-state index < -0.39 is 0 Å². The predicted molar refractivity (Wildman–Crippen MR) is 138 cm³/mol. The number of rotatable bonds is 5. The van der Waals surface area contributed by atoms with Gasteiger partial charge in [0.05, 0.1) is 21.5 Å². The van der Waals surface area contributed by atoms with Crippen molar-refractivity contribution in [3.8, 4) is 21.8 Å². The molecule has 0 atom stereocenters. The van der Waals surface area contributed by atoms with Crippen LogP contribution in [0.15, 0.2) is 88.8 Å². The first-order valence-corrected chi connectivity index (χ1v) is 12.6. The molecule has 1 amide bonds. The molecule has 0 saturated carbocycles. The largest absolute Gasteiger partial charge is 0.336 e. The van der Waals surface area contributed by atoms with Crippen molar-refractivity contribution in [1.29, 1.82) is 0 Å². The molecule has 1 aliphatic rings. The molecule has 0 bridgehead atoms. The Morgan fingerprint density at radius 2 is 1.66 bits per heavy atom. The third-order valence-electron chi connectivity index (χ3n) is 6.41. The summed E-state index contributed by atoms with van der Waals surface area (Å²) in [5.74, 6) is -0.00468. The first-order valence-electron chi connectivity index (χ1n) is 11.7. The minimum Gasteiger partial charge on any atom is -0.336 e. The monoisotopic (exact) mass is 480 g/mol. The number of hydrogen-bond donors (Lipinski definition) is 0. The van der Waals surface area contributed by atoms with Crippen LogP contribution < -0.4 is 0 Å². The van der Waals surface area contributed by atoms with Crippen molar-refractivity contribution in [3.63, 3.8) is 0 Å². The van der Waals surface area contributed by atoms with E-state index in [0.717, 1.165) is 35.8 Å². The molecular weight excluding hydrogens is 456 g/mol. The van der Waals surface area contributed by atoms with Crippen molar-refractivity contribution in [1.82, 2.24) is 19.9 Å². The Morgan fingerprint density at radius 1 is 0.914 bits per heavy atom. The smallest absolute Gasteiger partial charge is 0.259 e. The van der Waals surface area contributed by atoms with Crippen LogP contribution >= 0.6 is 11.3 Å². The number of amides is 1. The molecule has 0 aliphatic carbocycles. The Kier molecular flexibility index (Phi) is 5.86. The maximum absolute atomic E-state index is 13.9. The van der Waals surface area contributed by atoms with Crippen LogP contribution in [-0.2, 0) is 6.54 Å². The highest BCUT2D eigenvalue weighted by Gasteiger charge is 2.27. The highest BCUT2D eigenvalue weighted by molar-refractivity contribution is 7.13. The van der Waals surface area contributed by atoms with Crippen molar-refractivity contribution in [2.24, 2.45) is 0 Å². The average molecular weight is 481 g/mol. The van der Waals surface area contributed by atoms with Gasteiger partial charge >= 0.3 is 0 Å². The second-order valence-electron chi connectivity index (χ2n) is 8.66. The van der Waals surface area contributed by atoms with E-state index in [1.165, 1.54) is 5.56 Å². The van der Waals surface area contributed by atoms with Gasteiger partial charge in [0.2, 0.25) is 0 Å². The quantitative estimate of drug-likeness (QED) is 0.329.